The number of hydrogen-bond acceptors (Lipinski definition) is 3. The van der Waals surface area contributed by atoms with Crippen LogP contribution in [-0.2, 0) is 19.3 Å². The Balaban J connectivity index is 1.72. The zero-order valence-corrected chi connectivity index (χ0v) is 15.2. The smallest absolute Gasteiger partial charge is 0.348 e. The van der Waals surface area contributed by atoms with Crippen molar-refractivity contribution >= 4 is 5.91 Å². The number of nitrogens with one attached hydrogen (secondary N) is 1. The largest absolute Gasteiger partial charge is 0.433 e. The van der Waals surface area contributed by atoms with E-state index in [1.54, 1.807) is 0 Å². The Bertz CT molecular complexity index is 1100. The fraction of sp³-hybridized carbons (Fsp3) is 0.150. The number of pyridine rings is 2. The van der Waals surface area contributed by atoms with Crippen molar-refractivity contribution in [1.29, 1.82) is 0 Å². The summed E-state index contributed by atoms with van der Waals surface area (Å²) in [5.41, 5.74) is -0.895. The van der Waals surface area contributed by atoms with Crippen molar-refractivity contribution in [3.63, 3.8) is 0 Å². The van der Waals surface area contributed by atoms with Crippen molar-refractivity contribution in [1.82, 2.24) is 14.9 Å². The summed E-state index contributed by atoms with van der Waals surface area (Å²) in [7, 11) is 0. The number of rotatable bonds is 5. The van der Waals surface area contributed by atoms with E-state index in [1.165, 1.54) is 18.3 Å². The van der Waals surface area contributed by atoms with Gasteiger partial charge in [0, 0.05) is 31.1 Å². The van der Waals surface area contributed by atoms with Gasteiger partial charge in [-0.2, -0.15) is 13.2 Å². The van der Waals surface area contributed by atoms with Gasteiger partial charge < -0.3 is 9.88 Å². The van der Waals surface area contributed by atoms with Crippen molar-refractivity contribution in [2.45, 2.75) is 19.3 Å². The van der Waals surface area contributed by atoms with Crippen molar-refractivity contribution < 1.29 is 26.7 Å². The molecule has 0 fully saturated rings. The van der Waals surface area contributed by atoms with E-state index in [0.717, 1.165) is 35.0 Å². The molecule has 30 heavy (non-hydrogen) atoms. The van der Waals surface area contributed by atoms with E-state index >= 15 is 0 Å². The molecule has 2 heterocycles. The molecule has 2 aromatic heterocycles. The second-order valence-electron chi connectivity index (χ2n) is 6.39. The number of carbonyl (C=O) groups excluding carboxylic acids is 1. The molecular weight excluding hydrogens is 409 g/mol. The third kappa shape index (κ3) is 5.28. The lowest BCUT2D eigenvalue weighted by atomic mass is 10.2. The van der Waals surface area contributed by atoms with Crippen molar-refractivity contribution in [3.05, 3.63) is 99.2 Å². The Morgan fingerprint density at radius 3 is 2.30 bits per heavy atom. The van der Waals surface area contributed by atoms with E-state index in [0.29, 0.717) is 11.6 Å². The summed E-state index contributed by atoms with van der Waals surface area (Å²) in [5, 5.41) is 2.48. The zero-order chi connectivity index (χ0) is 21.9. The maximum Gasteiger partial charge on any atom is 0.433 e. The van der Waals surface area contributed by atoms with E-state index in [4.69, 9.17) is 0 Å². The van der Waals surface area contributed by atoms with Crippen LogP contribution in [0.1, 0.15) is 27.2 Å². The number of nitrogens with zero attached hydrogens (tertiary/aromatic N) is 2. The first kappa shape index (κ1) is 21.2. The first-order chi connectivity index (χ1) is 14.1. The molecule has 1 aromatic carbocycles. The summed E-state index contributed by atoms with van der Waals surface area (Å²) in [6, 6.07) is 7.24. The van der Waals surface area contributed by atoms with Gasteiger partial charge in [-0.25, -0.2) is 8.78 Å². The van der Waals surface area contributed by atoms with Gasteiger partial charge in [-0.05, 0) is 35.4 Å². The molecular formula is C20H14F5N3O2. The lowest BCUT2D eigenvalue weighted by Gasteiger charge is -2.10. The number of amides is 1. The van der Waals surface area contributed by atoms with Crippen LogP contribution in [0.5, 0.6) is 0 Å². The fourth-order valence-electron chi connectivity index (χ4n) is 2.67. The standard InChI is InChI=1S/C20H14F5N3O2/c21-15-5-13(6-16(22)7-15)9-27-19(30)14-2-4-18(29)28(11-14)10-12-1-3-17(26-8-12)20(23,24)25/h1-8,11H,9-10H2,(H,27,30). The zero-order valence-electron chi connectivity index (χ0n) is 15.2. The normalized spacial score (nSPS) is 11.4. The SMILES string of the molecule is O=C(NCc1cc(F)cc(F)c1)c1ccc(=O)n(Cc2ccc(C(F)(F)F)nc2)c1. The van der Waals surface area contributed by atoms with Gasteiger partial charge in [0.1, 0.15) is 17.3 Å². The molecule has 5 nitrogen and oxygen atoms in total. The molecule has 0 saturated heterocycles. The molecule has 10 heteroatoms. The maximum absolute atomic E-state index is 13.2. The molecule has 1 N–H and O–H groups in total. The summed E-state index contributed by atoms with van der Waals surface area (Å²) in [5.74, 6) is -2.16. The number of hydrogen-bond donors (Lipinski definition) is 1. The Morgan fingerprint density at radius 2 is 1.70 bits per heavy atom. The number of benzene rings is 1. The minimum Gasteiger partial charge on any atom is -0.348 e. The summed E-state index contributed by atoms with van der Waals surface area (Å²) in [6.07, 6.45) is -2.33. The average Bonchev–Trinajstić information content (AvgIpc) is 2.67. The minimum atomic E-state index is -4.57. The molecule has 0 saturated carbocycles. The Hall–Kier alpha value is -3.56. The van der Waals surface area contributed by atoms with Crippen LogP contribution < -0.4 is 10.9 Å². The Labute approximate surface area is 166 Å². The van der Waals surface area contributed by atoms with Gasteiger partial charge in [0.15, 0.2) is 0 Å². The van der Waals surface area contributed by atoms with Crippen LogP contribution in [-0.4, -0.2) is 15.5 Å². The van der Waals surface area contributed by atoms with Crippen LogP contribution in [0.2, 0.25) is 0 Å². The van der Waals surface area contributed by atoms with Gasteiger partial charge in [0.05, 0.1) is 12.1 Å². The first-order valence-electron chi connectivity index (χ1n) is 8.57. The third-order valence-corrected chi connectivity index (χ3v) is 4.09. The predicted octanol–water partition coefficient (Wildman–Crippen LogP) is 3.52. The molecule has 3 aromatic rings. The van der Waals surface area contributed by atoms with Gasteiger partial charge in [-0.15, -0.1) is 0 Å². The summed E-state index contributed by atoms with van der Waals surface area (Å²) in [6.45, 7) is -0.240. The van der Waals surface area contributed by atoms with Crippen molar-refractivity contribution in [2.75, 3.05) is 0 Å². The van der Waals surface area contributed by atoms with E-state index in [2.05, 4.69) is 10.3 Å². The molecule has 0 bridgehead atoms. The Kier molecular flexibility index (Phi) is 5.95. The van der Waals surface area contributed by atoms with E-state index in [1.807, 2.05) is 0 Å². The number of alkyl halides is 3. The highest BCUT2D eigenvalue weighted by Gasteiger charge is 2.32. The average molecular weight is 423 g/mol. The molecule has 156 valence electrons. The molecule has 0 unspecified atom stereocenters. The summed E-state index contributed by atoms with van der Waals surface area (Å²) < 4.78 is 65.3. The molecule has 0 radical (unpaired) electrons. The topological polar surface area (TPSA) is 64.0 Å². The Morgan fingerprint density at radius 1 is 1.00 bits per heavy atom. The van der Waals surface area contributed by atoms with Crippen molar-refractivity contribution in [3.8, 4) is 0 Å². The highest BCUT2D eigenvalue weighted by atomic mass is 19.4. The second-order valence-corrected chi connectivity index (χ2v) is 6.39. The number of aromatic nitrogens is 2. The molecule has 0 aliphatic rings. The van der Waals surface area contributed by atoms with Crippen LogP contribution in [0.3, 0.4) is 0 Å². The van der Waals surface area contributed by atoms with Crippen molar-refractivity contribution in [2.24, 2.45) is 0 Å². The van der Waals surface area contributed by atoms with Gasteiger partial charge in [0.2, 0.25) is 0 Å². The van der Waals surface area contributed by atoms with Crippen LogP contribution in [0.15, 0.2) is 59.7 Å². The highest BCUT2D eigenvalue weighted by Crippen LogP contribution is 2.27. The quantitative estimate of drug-likeness (QED) is 0.639. The predicted molar refractivity (Wildman–Crippen MR) is 96.6 cm³/mol. The van der Waals surface area contributed by atoms with Gasteiger partial charge in [-0.1, -0.05) is 6.07 Å². The first-order valence-corrected chi connectivity index (χ1v) is 8.57. The fourth-order valence-corrected chi connectivity index (χ4v) is 2.67. The van der Waals surface area contributed by atoms with Crippen LogP contribution >= 0.6 is 0 Å². The third-order valence-electron chi connectivity index (χ3n) is 4.09. The van der Waals surface area contributed by atoms with Gasteiger partial charge in [-0.3, -0.25) is 14.6 Å². The maximum atomic E-state index is 13.2. The molecule has 1 amide bonds. The van der Waals surface area contributed by atoms with Crippen LogP contribution in [0, 0.1) is 11.6 Å². The van der Waals surface area contributed by atoms with Crippen LogP contribution in [0.25, 0.3) is 0 Å². The molecule has 0 aliphatic heterocycles. The minimum absolute atomic E-state index is 0.0892. The van der Waals surface area contributed by atoms with E-state index < -0.39 is 35.0 Å². The highest BCUT2D eigenvalue weighted by molar-refractivity contribution is 5.93. The van der Waals surface area contributed by atoms with E-state index in [9.17, 15) is 31.5 Å². The number of halogens is 5. The second kappa shape index (κ2) is 8.44. The lowest BCUT2D eigenvalue weighted by Crippen LogP contribution is -2.26. The summed E-state index contributed by atoms with van der Waals surface area (Å²) in [4.78, 5) is 27.7. The molecule has 0 aliphatic carbocycles. The van der Waals surface area contributed by atoms with Crippen LogP contribution in [0.4, 0.5) is 22.0 Å². The van der Waals surface area contributed by atoms with Gasteiger partial charge in [0.25, 0.3) is 11.5 Å². The van der Waals surface area contributed by atoms with Gasteiger partial charge >= 0.3 is 6.18 Å². The number of carbonyl (C=O) groups is 1. The molecule has 0 spiro atoms. The summed E-state index contributed by atoms with van der Waals surface area (Å²) >= 11 is 0. The van der Waals surface area contributed by atoms with E-state index in [-0.39, 0.29) is 24.2 Å². The molecule has 3 rings (SSSR count). The lowest BCUT2D eigenvalue weighted by molar-refractivity contribution is -0.141. The molecule has 0 atom stereocenters. The monoisotopic (exact) mass is 423 g/mol.